The van der Waals surface area contributed by atoms with Gasteiger partial charge in [-0.05, 0) is 6.92 Å². The molecule has 0 bridgehead atoms. The molecule has 0 heterocycles. The van der Waals surface area contributed by atoms with Crippen molar-refractivity contribution in [1.82, 2.24) is 10.6 Å². The van der Waals surface area contributed by atoms with Crippen LogP contribution in [0.15, 0.2) is 0 Å². The minimum atomic E-state index is -0.869. The molecule has 0 fully saturated rings. The Morgan fingerprint density at radius 1 is 1.50 bits per heavy atom. The van der Waals surface area contributed by atoms with Crippen LogP contribution in [0.3, 0.4) is 0 Å². The molecule has 5 nitrogen and oxygen atoms in total. The Bertz CT molecular complexity index is 170. The molecule has 0 radical (unpaired) electrons. The number of amides is 1. The Hall–Kier alpha value is -1.10. The normalized spacial score (nSPS) is 12.2. The summed E-state index contributed by atoms with van der Waals surface area (Å²) in [5, 5.41) is 13.6. The van der Waals surface area contributed by atoms with Crippen LogP contribution in [0.1, 0.15) is 13.3 Å². The van der Waals surface area contributed by atoms with E-state index in [4.69, 9.17) is 5.11 Å². The first-order valence-corrected chi connectivity index (χ1v) is 3.72. The van der Waals surface area contributed by atoms with Crippen molar-refractivity contribution in [3.8, 4) is 0 Å². The van der Waals surface area contributed by atoms with Crippen LogP contribution >= 0.6 is 0 Å². The summed E-state index contributed by atoms with van der Waals surface area (Å²) < 4.78 is 0. The molecule has 0 saturated carbocycles. The summed E-state index contributed by atoms with van der Waals surface area (Å²) in [4.78, 5) is 20.9. The van der Waals surface area contributed by atoms with Crippen LogP contribution in [0.4, 0.5) is 0 Å². The number of likely N-dealkylation sites (N-methyl/N-ethyl adjacent to an activating group) is 1. The minimum Gasteiger partial charge on any atom is -0.481 e. The third-order valence-corrected chi connectivity index (χ3v) is 1.37. The second-order valence-corrected chi connectivity index (χ2v) is 2.55. The molecule has 3 N–H and O–H groups in total. The molecule has 0 aliphatic carbocycles. The summed E-state index contributed by atoms with van der Waals surface area (Å²) in [6, 6.07) is -0.181. The van der Waals surface area contributed by atoms with Gasteiger partial charge in [0.2, 0.25) is 5.91 Å². The lowest BCUT2D eigenvalue weighted by Gasteiger charge is -2.09. The van der Waals surface area contributed by atoms with Crippen LogP contribution < -0.4 is 10.6 Å². The minimum absolute atomic E-state index is 0.0248. The van der Waals surface area contributed by atoms with Gasteiger partial charge in [0.25, 0.3) is 0 Å². The lowest BCUT2D eigenvalue weighted by molar-refractivity contribution is -0.137. The third-order valence-electron chi connectivity index (χ3n) is 1.37. The molecule has 0 aliphatic rings. The van der Waals surface area contributed by atoms with Gasteiger partial charge < -0.3 is 15.7 Å². The second-order valence-electron chi connectivity index (χ2n) is 2.55. The summed E-state index contributed by atoms with van der Waals surface area (Å²) in [6.45, 7) is 1.88. The van der Waals surface area contributed by atoms with Gasteiger partial charge in [-0.1, -0.05) is 0 Å². The number of aliphatic carboxylic acids is 1. The fourth-order valence-electron chi connectivity index (χ4n) is 0.689. The average molecular weight is 174 g/mol. The van der Waals surface area contributed by atoms with Gasteiger partial charge >= 0.3 is 5.97 Å². The number of carbonyl (C=O) groups is 2. The van der Waals surface area contributed by atoms with Crippen molar-refractivity contribution >= 4 is 11.9 Å². The smallest absolute Gasteiger partial charge is 0.304 e. The number of nitrogens with one attached hydrogen (secondary N) is 2. The van der Waals surface area contributed by atoms with Gasteiger partial charge in [-0.3, -0.25) is 9.59 Å². The number of rotatable bonds is 5. The molecular weight excluding hydrogens is 160 g/mol. The molecule has 0 saturated heterocycles. The number of hydrogen-bond acceptors (Lipinski definition) is 3. The first-order valence-electron chi connectivity index (χ1n) is 3.72. The molecule has 0 spiro atoms. The predicted molar refractivity (Wildman–Crippen MR) is 43.8 cm³/mol. The van der Waals surface area contributed by atoms with Gasteiger partial charge in [0.05, 0.1) is 13.0 Å². The van der Waals surface area contributed by atoms with Crippen molar-refractivity contribution in [3.05, 3.63) is 0 Å². The molecular formula is C7H14N2O3. The molecule has 1 amide bonds. The van der Waals surface area contributed by atoms with Crippen LogP contribution in [0.25, 0.3) is 0 Å². The Balaban J connectivity index is 3.50. The highest BCUT2D eigenvalue weighted by molar-refractivity contribution is 5.77. The molecule has 0 aromatic carbocycles. The summed E-state index contributed by atoms with van der Waals surface area (Å²) in [7, 11) is 1.53. The van der Waals surface area contributed by atoms with Crippen molar-refractivity contribution in [2.24, 2.45) is 0 Å². The maximum atomic E-state index is 10.7. The number of carbonyl (C=O) groups excluding carboxylic acids is 1. The lowest BCUT2D eigenvalue weighted by Crippen LogP contribution is -2.37. The standard InChI is InChI=1S/C7H14N2O3/c1-5(3-7(11)12)9-4-6(10)8-2/h5,9H,3-4H2,1-2H3,(H,8,10)(H,11,12). The van der Waals surface area contributed by atoms with Crippen LogP contribution in [0, 0.1) is 0 Å². The molecule has 70 valence electrons. The summed E-state index contributed by atoms with van der Waals surface area (Å²) in [5.74, 6) is -1.01. The van der Waals surface area contributed by atoms with E-state index in [-0.39, 0.29) is 24.9 Å². The molecule has 12 heavy (non-hydrogen) atoms. The van der Waals surface area contributed by atoms with E-state index >= 15 is 0 Å². The predicted octanol–water partition coefficient (Wildman–Crippen LogP) is -0.815. The monoisotopic (exact) mass is 174 g/mol. The van der Waals surface area contributed by atoms with Crippen molar-refractivity contribution < 1.29 is 14.7 Å². The molecule has 1 atom stereocenters. The van der Waals surface area contributed by atoms with Gasteiger partial charge in [-0.2, -0.15) is 0 Å². The third kappa shape index (κ3) is 5.67. The van der Waals surface area contributed by atoms with Crippen LogP contribution in [-0.2, 0) is 9.59 Å². The fraction of sp³-hybridized carbons (Fsp3) is 0.714. The van der Waals surface area contributed by atoms with Gasteiger partial charge in [0.15, 0.2) is 0 Å². The van der Waals surface area contributed by atoms with Crippen molar-refractivity contribution in [2.45, 2.75) is 19.4 Å². The largest absolute Gasteiger partial charge is 0.481 e. The zero-order valence-electron chi connectivity index (χ0n) is 7.26. The van der Waals surface area contributed by atoms with Gasteiger partial charge in [-0.25, -0.2) is 0 Å². The van der Waals surface area contributed by atoms with E-state index in [1.54, 1.807) is 6.92 Å². The zero-order chi connectivity index (χ0) is 9.56. The van der Waals surface area contributed by atoms with Crippen LogP contribution in [0.2, 0.25) is 0 Å². The van der Waals surface area contributed by atoms with Crippen LogP contribution in [0.5, 0.6) is 0 Å². The number of carboxylic acid groups (broad SMARTS) is 1. The quantitative estimate of drug-likeness (QED) is 0.509. The highest BCUT2D eigenvalue weighted by atomic mass is 16.4. The molecule has 1 unspecified atom stereocenters. The van der Waals surface area contributed by atoms with Crippen LogP contribution in [-0.4, -0.2) is 36.6 Å². The van der Waals surface area contributed by atoms with E-state index in [2.05, 4.69) is 10.6 Å². The first kappa shape index (κ1) is 10.9. The Morgan fingerprint density at radius 3 is 2.50 bits per heavy atom. The molecule has 0 rings (SSSR count). The summed E-state index contributed by atoms with van der Waals surface area (Å²) in [6.07, 6.45) is 0.0248. The zero-order valence-corrected chi connectivity index (χ0v) is 7.26. The highest BCUT2D eigenvalue weighted by Gasteiger charge is 2.07. The molecule has 5 heteroatoms. The topological polar surface area (TPSA) is 78.4 Å². The van der Waals surface area contributed by atoms with E-state index in [0.29, 0.717) is 0 Å². The molecule has 0 aliphatic heterocycles. The fourth-order valence-corrected chi connectivity index (χ4v) is 0.689. The first-order chi connectivity index (χ1) is 5.56. The average Bonchev–Trinajstić information content (AvgIpc) is 1.99. The van der Waals surface area contributed by atoms with E-state index in [1.807, 2.05) is 0 Å². The summed E-state index contributed by atoms with van der Waals surface area (Å²) in [5.41, 5.74) is 0. The number of carboxylic acids is 1. The number of hydrogen-bond donors (Lipinski definition) is 3. The maximum absolute atomic E-state index is 10.7. The highest BCUT2D eigenvalue weighted by Crippen LogP contribution is 1.88. The van der Waals surface area contributed by atoms with Gasteiger partial charge in [0, 0.05) is 13.1 Å². The summed E-state index contributed by atoms with van der Waals surface area (Å²) >= 11 is 0. The Kier molecular flexibility index (Phi) is 5.03. The van der Waals surface area contributed by atoms with E-state index in [0.717, 1.165) is 0 Å². The second kappa shape index (κ2) is 5.54. The van der Waals surface area contributed by atoms with E-state index in [9.17, 15) is 9.59 Å². The van der Waals surface area contributed by atoms with Gasteiger partial charge in [-0.15, -0.1) is 0 Å². The maximum Gasteiger partial charge on any atom is 0.304 e. The Morgan fingerprint density at radius 2 is 2.08 bits per heavy atom. The van der Waals surface area contributed by atoms with Crippen molar-refractivity contribution in [1.29, 1.82) is 0 Å². The van der Waals surface area contributed by atoms with Crippen molar-refractivity contribution in [3.63, 3.8) is 0 Å². The molecule has 0 aromatic heterocycles. The van der Waals surface area contributed by atoms with E-state index in [1.165, 1.54) is 7.05 Å². The SMILES string of the molecule is CNC(=O)CNC(C)CC(=O)O. The lowest BCUT2D eigenvalue weighted by atomic mass is 10.2. The Labute approximate surface area is 71.1 Å². The van der Waals surface area contributed by atoms with Gasteiger partial charge in [0.1, 0.15) is 0 Å². The molecule has 0 aromatic rings. The van der Waals surface area contributed by atoms with Crippen molar-refractivity contribution in [2.75, 3.05) is 13.6 Å². The van der Waals surface area contributed by atoms with E-state index < -0.39 is 5.97 Å².